The maximum absolute atomic E-state index is 12.2. The van der Waals surface area contributed by atoms with Crippen molar-refractivity contribution in [2.75, 3.05) is 13.7 Å². The smallest absolute Gasteiger partial charge is 0.346 e. The number of aliphatic hydroxyl groups is 1. The number of ether oxygens (including phenoxy) is 3. The normalized spacial score (nSPS) is 17.4. The maximum Gasteiger partial charge on any atom is 0.346 e. The Morgan fingerprint density at radius 1 is 1.30 bits per heavy atom. The summed E-state index contributed by atoms with van der Waals surface area (Å²) in [6.07, 6.45) is -0.297. The van der Waals surface area contributed by atoms with Crippen molar-refractivity contribution < 1.29 is 28.9 Å². The maximum atomic E-state index is 12.2. The Labute approximate surface area is 134 Å². The number of ketones is 1. The number of esters is 1. The van der Waals surface area contributed by atoms with Crippen molar-refractivity contribution in [3.63, 3.8) is 0 Å². The lowest BCUT2D eigenvalue weighted by atomic mass is 10.0. The monoisotopic (exact) mass is 320 g/mol. The van der Waals surface area contributed by atoms with Crippen LogP contribution in [0.15, 0.2) is 35.6 Å². The van der Waals surface area contributed by atoms with Gasteiger partial charge in [-0.05, 0) is 24.5 Å². The first-order chi connectivity index (χ1) is 10.9. The average Bonchev–Trinajstić information content (AvgIpc) is 2.78. The first-order valence-corrected chi connectivity index (χ1v) is 7.37. The molecule has 1 atom stereocenters. The van der Waals surface area contributed by atoms with Gasteiger partial charge >= 0.3 is 5.97 Å². The van der Waals surface area contributed by atoms with E-state index in [1.807, 2.05) is 13.8 Å². The molecule has 0 fully saturated rings. The van der Waals surface area contributed by atoms with Gasteiger partial charge in [0.05, 0.1) is 7.11 Å². The number of methoxy groups -OCH3 is 1. The van der Waals surface area contributed by atoms with Gasteiger partial charge in [-0.25, -0.2) is 4.79 Å². The van der Waals surface area contributed by atoms with Gasteiger partial charge in [-0.1, -0.05) is 26.0 Å². The molecule has 2 rings (SSSR count). The van der Waals surface area contributed by atoms with Crippen molar-refractivity contribution in [1.82, 2.24) is 0 Å². The molecule has 1 N–H and O–H groups in total. The predicted octanol–water partition coefficient (Wildman–Crippen LogP) is 2.43. The fourth-order valence-electron chi connectivity index (χ4n) is 2.31. The van der Waals surface area contributed by atoms with Gasteiger partial charge in [0.2, 0.25) is 5.78 Å². The van der Waals surface area contributed by atoms with Gasteiger partial charge < -0.3 is 19.3 Å². The summed E-state index contributed by atoms with van der Waals surface area (Å²) in [5, 5.41) is 10.1. The molecule has 0 aromatic heterocycles. The van der Waals surface area contributed by atoms with E-state index in [4.69, 9.17) is 14.2 Å². The Bertz CT molecular complexity index is 632. The molecule has 0 saturated carbocycles. The summed E-state index contributed by atoms with van der Waals surface area (Å²) in [7, 11) is 1.49. The third-order valence-electron chi connectivity index (χ3n) is 3.41. The number of benzene rings is 1. The summed E-state index contributed by atoms with van der Waals surface area (Å²) in [6, 6.07) is 6.85. The van der Waals surface area contributed by atoms with Crippen molar-refractivity contribution in [1.29, 1.82) is 0 Å². The Hall–Kier alpha value is -2.50. The highest BCUT2D eigenvalue weighted by molar-refractivity contribution is 6.19. The molecular formula is C17H20O6. The van der Waals surface area contributed by atoms with Crippen molar-refractivity contribution in [3.05, 3.63) is 35.6 Å². The number of hydrogen-bond acceptors (Lipinski definition) is 6. The molecule has 0 radical (unpaired) electrons. The van der Waals surface area contributed by atoms with Gasteiger partial charge in [0.1, 0.15) is 5.57 Å². The van der Waals surface area contributed by atoms with Gasteiger partial charge in [0.15, 0.2) is 30.0 Å². The van der Waals surface area contributed by atoms with Crippen LogP contribution >= 0.6 is 0 Å². The highest BCUT2D eigenvalue weighted by atomic mass is 16.6. The molecule has 23 heavy (non-hydrogen) atoms. The number of Topliss-reactive ketones (excluding diaryl/α,β-unsaturated/α-hetero) is 1. The van der Waals surface area contributed by atoms with Crippen LogP contribution in [0.25, 0.3) is 0 Å². The molecule has 1 aromatic carbocycles. The SMILES string of the molecule is COc1ccccc1OCC(=O)C1=C(O)C(CC(C)C)OC1=O. The van der Waals surface area contributed by atoms with E-state index in [1.54, 1.807) is 24.3 Å². The van der Waals surface area contributed by atoms with E-state index >= 15 is 0 Å². The standard InChI is InChI=1S/C17H20O6/c1-10(2)8-14-16(19)15(17(20)23-14)11(18)9-22-13-7-5-4-6-12(13)21-3/h4-7,10,14,19H,8-9H2,1-3H3. The van der Waals surface area contributed by atoms with Crippen LogP contribution in [0.1, 0.15) is 20.3 Å². The van der Waals surface area contributed by atoms with Crippen molar-refractivity contribution in [3.8, 4) is 11.5 Å². The van der Waals surface area contributed by atoms with Crippen molar-refractivity contribution in [2.24, 2.45) is 5.92 Å². The van der Waals surface area contributed by atoms with E-state index in [-0.39, 0.29) is 23.9 Å². The highest BCUT2D eigenvalue weighted by Crippen LogP contribution is 2.28. The number of para-hydroxylation sites is 2. The van der Waals surface area contributed by atoms with E-state index in [0.717, 1.165) is 0 Å². The average molecular weight is 320 g/mol. The molecule has 0 saturated heterocycles. The third-order valence-corrected chi connectivity index (χ3v) is 3.41. The zero-order chi connectivity index (χ0) is 17.0. The lowest BCUT2D eigenvalue weighted by Crippen LogP contribution is -2.18. The van der Waals surface area contributed by atoms with Crippen LogP contribution in [-0.2, 0) is 14.3 Å². The predicted molar refractivity (Wildman–Crippen MR) is 82.5 cm³/mol. The van der Waals surface area contributed by atoms with Gasteiger partial charge in [-0.15, -0.1) is 0 Å². The fraction of sp³-hybridized carbons (Fsp3) is 0.412. The van der Waals surface area contributed by atoms with E-state index in [9.17, 15) is 14.7 Å². The quantitative estimate of drug-likeness (QED) is 0.614. The Balaban J connectivity index is 2.08. The molecule has 0 bridgehead atoms. The van der Waals surface area contributed by atoms with Crippen LogP contribution in [0.4, 0.5) is 0 Å². The summed E-state index contributed by atoms with van der Waals surface area (Å²) in [4.78, 5) is 24.0. The molecule has 1 heterocycles. The highest BCUT2D eigenvalue weighted by Gasteiger charge is 2.38. The molecule has 1 aliphatic rings. The zero-order valence-electron chi connectivity index (χ0n) is 13.4. The number of carbonyl (C=O) groups is 2. The minimum absolute atomic E-state index is 0.217. The van der Waals surface area contributed by atoms with Crippen molar-refractivity contribution in [2.45, 2.75) is 26.4 Å². The number of cyclic esters (lactones) is 1. The molecule has 1 unspecified atom stereocenters. The third kappa shape index (κ3) is 3.83. The lowest BCUT2D eigenvalue weighted by molar-refractivity contribution is -0.141. The van der Waals surface area contributed by atoms with E-state index in [1.165, 1.54) is 7.11 Å². The Morgan fingerprint density at radius 2 is 1.96 bits per heavy atom. The second-order valence-corrected chi connectivity index (χ2v) is 5.65. The molecule has 124 valence electrons. The van der Waals surface area contributed by atoms with Crippen molar-refractivity contribution >= 4 is 11.8 Å². The summed E-state index contributed by atoms with van der Waals surface area (Å²) in [5.41, 5.74) is -0.328. The number of rotatable bonds is 7. The van der Waals surface area contributed by atoms with Crippen LogP contribution in [0, 0.1) is 5.92 Å². The first-order valence-electron chi connectivity index (χ1n) is 7.37. The molecule has 0 amide bonds. The van der Waals surface area contributed by atoms with E-state index in [0.29, 0.717) is 17.9 Å². The lowest BCUT2D eigenvalue weighted by Gasteiger charge is -2.11. The van der Waals surface area contributed by atoms with E-state index in [2.05, 4.69) is 0 Å². The zero-order valence-corrected chi connectivity index (χ0v) is 13.4. The van der Waals surface area contributed by atoms with Gasteiger partial charge in [-0.2, -0.15) is 0 Å². The fourth-order valence-corrected chi connectivity index (χ4v) is 2.31. The Morgan fingerprint density at radius 3 is 2.57 bits per heavy atom. The van der Waals surface area contributed by atoms with Crippen LogP contribution in [0.3, 0.4) is 0 Å². The number of hydrogen-bond donors (Lipinski definition) is 1. The Kier molecular flexibility index (Phi) is 5.26. The molecule has 6 heteroatoms. The summed E-state index contributed by atoms with van der Waals surface area (Å²) < 4.78 is 15.6. The molecular weight excluding hydrogens is 300 g/mol. The van der Waals surface area contributed by atoms with Crippen LogP contribution in [-0.4, -0.2) is 36.7 Å². The molecule has 6 nitrogen and oxygen atoms in total. The molecule has 1 aliphatic heterocycles. The number of carbonyl (C=O) groups excluding carboxylic acids is 2. The second-order valence-electron chi connectivity index (χ2n) is 5.65. The number of aliphatic hydroxyl groups excluding tert-OH is 1. The molecule has 0 aliphatic carbocycles. The second kappa shape index (κ2) is 7.17. The minimum Gasteiger partial charge on any atom is -0.507 e. The van der Waals surface area contributed by atoms with Gasteiger partial charge in [-0.3, -0.25) is 4.79 Å². The summed E-state index contributed by atoms with van der Waals surface area (Å²) in [6.45, 7) is 3.49. The first kappa shape index (κ1) is 16.9. The van der Waals surface area contributed by atoms with E-state index < -0.39 is 17.9 Å². The van der Waals surface area contributed by atoms with Crippen LogP contribution in [0.2, 0.25) is 0 Å². The summed E-state index contributed by atoms with van der Waals surface area (Å²) in [5.74, 6) is -0.656. The van der Waals surface area contributed by atoms with Gasteiger partial charge in [0, 0.05) is 0 Å². The minimum atomic E-state index is -0.804. The van der Waals surface area contributed by atoms with Crippen LogP contribution < -0.4 is 9.47 Å². The topological polar surface area (TPSA) is 82.1 Å². The van der Waals surface area contributed by atoms with Gasteiger partial charge in [0.25, 0.3) is 0 Å². The van der Waals surface area contributed by atoms with Crippen LogP contribution in [0.5, 0.6) is 11.5 Å². The summed E-state index contributed by atoms with van der Waals surface area (Å²) >= 11 is 0. The molecule has 1 aromatic rings. The molecule has 0 spiro atoms. The largest absolute Gasteiger partial charge is 0.507 e.